The molecule has 2 rings (SSSR count). The van der Waals surface area contributed by atoms with Crippen molar-refractivity contribution in [2.24, 2.45) is 0 Å². The van der Waals surface area contributed by atoms with Gasteiger partial charge in [-0.2, -0.15) is 0 Å². The van der Waals surface area contributed by atoms with Crippen molar-refractivity contribution in [3.05, 3.63) is 60.1 Å². The third-order valence-electron chi connectivity index (χ3n) is 3.19. The van der Waals surface area contributed by atoms with Crippen molar-refractivity contribution in [3.63, 3.8) is 0 Å². The lowest BCUT2D eigenvalue weighted by Crippen LogP contribution is -2.38. The molecular formula is C17H19NO4. The molecule has 0 fully saturated rings. The summed E-state index contributed by atoms with van der Waals surface area (Å²) in [5.74, 6) is -0.830. The maximum atomic E-state index is 12.1. The molecule has 0 saturated carbocycles. The Bertz CT molecular complexity index is 592. The number of rotatable bonds is 7. The number of furan rings is 1. The summed E-state index contributed by atoms with van der Waals surface area (Å²) in [7, 11) is 0. The van der Waals surface area contributed by atoms with Gasteiger partial charge in [-0.15, -0.1) is 0 Å². The minimum atomic E-state index is -0.812. The van der Waals surface area contributed by atoms with Crippen LogP contribution in [-0.4, -0.2) is 24.5 Å². The van der Waals surface area contributed by atoms with E-state index in [0.717, 1.165) is 12.0 Å². The van der Waals surface area contributed by atoms with Gasteiger partial charge in [-0.3, -0.25) is 4.79 Å². The SMILES string of the molecule is CC[C@H](OC(=O)c1ccco1)C(=O)NCCc1ccccc1. The first kappa shape index (κ1) is 15.8. The van der Waals surface area contributed by atoms with E-state index in [2.05, 4.69) is 5.32 Å². The third kappa shape index (κ3) is 4.48. The van der Waals surface area contributed by atoms with Crippen LogP contribution in [-0.2, 0) is 16.0 Å². The molecule has 0 bridgehead atoms. The Kier molecular flexibility index (Phi) is 5.77. The highest BCUT2D eigenvalue weighted by molar-refractivity contribution is 5.90. The molecule has 1 heterocycles. The smallest absolute Gasteiger partial charge is 0.374 e. The molecule has 1 atom stereocenters. The number of hydrogen-bond donors (Lipinski definition) is 1. The van der Waals surface area contributed by atoms with E-state index < -0.39 is 12.1 Å². The van der Waals surface area contributed by atoms with Crippen LogP contribution >= 0.6 is 0 Å². The van der Waals surface area contributed by atoms with Crippen LogP contribution in [0.25, 0.3) is 0 Å². The predicted octanol–water partition coefficient (Wildman–Crippen LogP) is 2.57. The molecular weight excluding hydrogens is 282 g/mol. The summed E-state index contributed by atoms with van der Waals surface area (Å²) in [6.07, 6.45) is 1.71. The Balaban J connectivity index is 1.80. The third-order valence-corrected chi connectivity index (χ3v) is 3.19. The van der Waals surface area contributed by atoms with Crippen molar-refractivity contribution >= 4 is 11.9 Å². The number of nitrogens with one attached hydrogen (secondary N) is 1. The van der Waals surface area contributed by atoms with Gasteiger partial charge in [-0.25, -0.2) is 4.79 Å². The van der Waals surface area contributed by atoms with Crippen LogP contribution in [0.2, 0.25) is 0 Å². The molecule has 0 aliphatic rings. The van der Waals surface area contributed by atoms with Crippen molar-refractivity contribution in [2.45, 2.75) is 25.9 Å². The van der Waals surface area contributed by atoms with Gasteiger partial charge < -0.3 is 14.5 Å². The Morgan fingerprint density at radius 1 is 1.18 bits per heavy atom. The molecule has 1 N–H and O–H groups in total. The molecule has 0 radical (unpaired) electrons. The van der Waals surface area contributed by atoms with Crippen LogP contribution in [0.5, 0.6) is 0 Å². The monoisotopic (exact) mass is 301 g/mol. The maximum Gasteiger partial charge on any atom is 0.374 e. The summed E-state index contributed by atoms with van der Waals surface area (Å²) < 4.78 is 10.1. The van der Waals surface area contributed by atoms with E-state index >= 15 is 0 Å². The lowest BCUT2D eigenvalue weighted by molar-refractivity contribution is -0.130. The Morgan fingerprint density at radius 3 is 2.59 bits per heavy atom. The number of carbonyl (C=O) groups is 2. The van der Waals surface area contributed by atoms with Crippen LogP contribution in [0, 0.1) is 0 Å². The number of carbonyl (C=O) groups excluding carboxylic acids is 2. The highest BCUT2D eigenvalue weighted by atomic mass is 16.6. The molecule has 0 aliphatic carbocycles. The fourth-order valence-electron chi connectivity index (χ4n) is 1.99. The van der Waals surface area contributed by atoms with Gasteiger partial charge in [0.1, 0.15) is 0 Å². The molecule has 0 aliphatic heterocycles. The second kappa shape index (κ2) is 8.02. The maximum absolute atomic E-state index is 12.1. The second-order valence-electron chi connectivity index (χ2n) is 4.81. The molecule has 116 valence electrons. The summed E-state index contributed by atoms with van der Waals surface area (Å²) in [5.41, 5.74) is 1.14. The first-order valence-electron chi connectivity index (χ1n) is 7.27. The average molecular weight is 301 g/mol. The van der Waals surface area contributed by atoms with Crippen molar-refractivity contribution in [1.82, 2.24) is 5.32 Å². The van der Waals surface area contributed by atoms with Gasteiger partial charge in [0.05, 0.1) is 6.26 Å². The lowest BCUT2D eigenvalue weighted by atomic mass is 10.1. The van der Waals surface area contributed by atoms with Crippen LogP contribution < -0.4 is 5.32 Å². The predicted molar refractivity (Wildman–Crippen MR) is 81.4 cm³/mol. The molecule has 1 aromatic carbocycles. The first-order chi connectivity index (χ1) is 10.7. The first-order valence-corrected chi connectivity index (χ1v) is 7.27. The highest BCUT2D eigenvalue weighted by Gasteiger charge is 2.22. The van der Waals surface area contributed by atoms with E-state index in [1.54, 1.807) is 13.0 Å². The van der Waals surface area contributed by atoms with Crippen molar-refractivity contribution in [2.75, 3.05) is 6.54 Å². The molecule has 0 spiro atoms. The van der Waals surface area contributed by atoms with Crippen molar-refractivity contribution < 1.29 is 18.7 Å². The van der Waals surface area contributed by atoms with E-state index in [-0.39, 0.29) is 11.7 Å². The van der Waals surface area contributed by atoms with Gasteiger partial charge in [-0.05, 0) is 30.5 Å². The Labute approximate surface area is 129 Å². The summed E-state index contributed by atoms with van der Waals surface area (Å²) in [5, 5.41) is 2.79. The average Bonchev–Trinajstić information content (AvgIpc) is 3.08. The number of amides is 1. The number of esters is 1. The lowest BCUT2D eigenvalue weighted by Gasteiger charge is -2.15. The topological polar surface area (TPSA) is 68.5 Å². The van der Waals surface area contributed by atoms with Gasteiger partial charge >= 0.3 is 5.97 Å². The molecule has 1 aromatic heterocycles. The molecule has 1 amide bonds. The van der Waals surface area contributed by atoms with E-state index in [0.29, 0.717) is 13.0 Å². The number of hydrogen-bond acceptors (Lipinski definition) is 4. The fourth-order valence-corrected chi connectivity index (χ4v) is 1.99. The number of benzene rings is 1. The molecule has 5 heteroatoms. The van der Waals surface area contributed by atoms with Crippen LogP contribution in [0.1, 0.15) is 29.5 Å². The van der Waals surface area contributed by atoms with E-state index in [1.807, 2.05) is 30.3 Å². The van der Waals surface area contributed by atoms with Crippen LogP contribution in [0.15, 0.2) is 53.1 Å². The molecule has 5 nitrogen and oxygen atoms in total. The van der Waals surface area contributed by atoms with Gasteiger partial charge in [0, 0.05) is 6.54 Å². The standard InChI is InChI=1S/C17H19NO4/c1-2-14(22-17(20)15-9-6-12-21-15)16(19)18-11-10-13-7-4-3-5-8-13/h3-9,12,14H,2,10-11H2,1H3,(H,18,19)/t14-/m0/s1. The van der Waals surface area contributed by atoms with Gasteiger partial charge in [-0.1, -0.05) is 37.3 Å². The fraction of sp³-hybridized carbons (Fsp3) is 0.294. The van der Waals surface area contributed by atoms with Crippen LogP contribution in [0.3, 0.4) is 0 Å². The number of ether oxygens (including phenoxy) is 1. The van der Waals surface area contributed by atoms with Gasteiger partial charge in [0.15, 0.2) is 6.10 Å². The molecule has 0 saturated heterocycles. The summed E-state index contributed by atoms with van der Waals surface area (Å²) in [4.78, 5) is 23.8. The summed E-state index contributed by atoms with van der Waals surface area (Å²) in [6.45, 7) is 2.29. The minimum Gasteiger partial charge on any atom is -0.457 e. The zero-order valence-corrected chi connectivity index (χ0v) is 12.5. The molecule has 0 unspecified atom stereocenters. The summed E-state index contributed by atoms with van der Waals surface area (Å²) >= 11 is 0. The van der Waals surface area contributed by atoms with Gasteiger partial charge in [0.2, 0.25) is 5.76 Å². The van der Waals surface area contributed by atoms with Crippen molar-refractivity contribution in [1.29, 1.82) is 0 Å². The zero-order chi connectivity index (χ0) is 15.8. The van der Waals surface area contributed by atoms with Crippen molar-refractivity contribution in [3.8, 4) is 0 Å². The Morgan fingerprint density at radius 2 is 1.95 bits per heavy atom. The van der Waals surface area contributed by atoms with E-state index in [4.69, 9.17) is 9.15 Å². The quantitative estimate of drug-likeness (QED) is 0.798. The zero-order valence-electron chi connectivity index (χ0n) is 12.5. The van der Waals surface area contributed by atoms with Crippen LogP contribution in [0.4, 0.5) is 0 Å². The molecule has 22 heavy (non-hydrogen) atoms. The molecule has 2 aromatic rings. The second-order valence-corrected chi connectivity index (χ2v) is 4.81. The largest absolute Gasteiger partial charge is 0.457 e. The normalized spacial score (nSPS) is 11.7. The Hall–Kier alpha value is -2.56. The van der Waals surface area contributed by atoms with Gasteiger partial charge in [0.25, 0.3) is 5.91 Å². The highest BCUT2D eigenvalue weighted by Crippen LogP contribution is 2.07. The summed E-state index contributed by atoms with van der Waals surface area (Å²) in [6, 6.07) is 13.0. The minimum absolute atomic E-state index is 0.0931. The van der Waals surface area contributed by atoms with E-state index in [1.165, 1.54) is 12.3 Å². The van der Waals surface area contributed by atoms with E-state index in [9.17, 15) is 9.59 Å².